The van der Waals surface area contributed by atoms with Crippen LogP contribution in [0.3, 0.4) is 0 Å². The normalized spacial score (nSPS) is 15.6. The summed E-state index contributed by atoms with van der Waals surface area (Å²) in [5.74, 6) is -0.0422. The summed E-state index contributed by atoms with van der Waals surface area (Å²) in [6, 6.07) is 16.4. The highest BCUT2D eigenvalue weighted by molar-refractivity contribution is 8.26. The minimum absolute atomic E-state index is 0.0360. The van der Waals surface area contributed by atoms with Crippen molar-refractivity contribution in [1.29, 1.82) is 0 Å². The first-order valence-corrected chi connectivity index (χ1v) is 11.1. The summed E-state index contributed by atoms with van der Waals surface area (Å²) < 4.78 is 2.47. The summed E-state index contributed by atoms with van der Waals surface area (Å²) >= 11 is 6.79. The lowest BCUT2D eigenvalue weighted by molar-refractivity contribution is -0.123. The predicted octanol–water partition coefficient (Wildman–Crippen LogP) is 5.77. The van der Waals surface area contributed by atoms with Crippen molar-refractivity contribution in [3.63, 3.8) is 0 Å². The highest BCUT2D eigenvalue weighted by Gasteiger charge is 2.34. The van der Waals surface area contributed by atoms with E-state index >= 15 is 0 Å². The van der Waals surface area contributed by atoms with Crippen molar-refractivity contribution in [3.8, 4) is 16.9 Å². The Morgan fingerprint density at radius 2 is 1.83 bits per heavy atom. The van der Waals surface area contributed by atoms with Crippen LogP contribution in [0, 0.1) is 13.8 Å². The van der Waals surface area contributed by atoms with E-state index < -0.39 is 0 Å². The molecule has 1 saturated heterocycles. The molecule has 1 aromatic heterocycles. The zero-order chi connectivity index (χ0) is 21.4. The molecule has 4 rings (SSSR count). The highest BCUT2D eigenvalue weighted by atomic mass is 32.2. The van der Waals surface area contributed by atoms with E-state index in [9.17, 15) is 4.79 Å². The van der Waals surface area contributed by atoms with Crippen molar-refractivity contribution < 1.29 is 4.79 Å². The highest BCUT2D eigenvalue weighted by Crippen LogP contribution is 2.36. The summed E-state index contributed by atoms with van der Waals surface area (Å²) in [5.41, 5.74) is 6.10. The van der Waals surface area contributed by atoms with Gasteiger partial charge in [0.25, 0.3) is 5.91 Å². The summed E-state index contributed by atoms with van der Waals surface area (Å²) in [6.07, 6.45) is 3.90. The molecule has 3 aromatic rings. The van der Waals surface area contributed by atoms with Crippen molar-refractivity contribution in [2.75, 3.05) is 0 Å². The zero-order valence-corrected chi connectivity index (χ0v) is 19.1. The van der Waals surface area contributed by atoms with Crippen molar-refractivity contribution in [1.82, 2.24) is 14.7 Å². The summed E-state index contributed by atoms with van der Waals surface area (Å²) in [7, 11) is 0. The zero-order valence-electron chi connectivity index (χ0n) is 17.4. The van der Waals surface area contributed by atoms with Crippen molar-refractivity contribution in [2.45, 2.75) is 33.7 Å². The number of benzene rings is 2. The molecule has 0 aliphatic carbocycles. The Labute approximate surface area is 186 Å². The first-order valence-electron chi connectivity index (χ1n) is 9.85. The number of aryl methyl sites for hydroxylation is 2. The number of aromatic nitrogens is 2. The number of thiocarbonyl (C=S) groups is 1. The van der Waals surface area contributed by atoms with Gasteiger partial charge in [0.2, 0.25) is 0 Å². The van der Waals surface area contributed by atoms with Crippen LogP contribution in [-0.2, 0) is 4.79 Å². The maximum absolute atomic E-state index is 12.9. The monoisotopic (exact) mass is 433 g/mol. The van der Waals surface area contributed by atoms with Gasteiger partial charge in [-0.2, -0.15) is 5.10 Å². The van der Waals surface area contributed by atoms with E-state index in [0.717, 1.165) is 28.1 Å². The molecule has 0 radical (unpaired) electrons. The van der Waals surface area contributed by atoms with E-state index in [1.807, 2.05) is 61.1 Å². The summed E-state index contributed by atoms with van der Waals surface area (Å²) in [4.78, 5) is 15.2. The Morgan fingerprint density at radius 1 is 1.10 bits per heavy atom. The van der Waals surface area contributed by atoms with Gasteiger partial charge in [0.05, 0.1) is 10.6 Å². The second-order valence-corrected chi connectivity index (χ2v) is 9.35. The van der Waals surface area contributed by atoms with E-state index in [-0.39, 0.29) is 11.9 Å². The fraction of sp³-hybridized carbons (Fsp3) is 0.208. The van der Waals surface area contributed by atoms with Crippen LogP contribution >= 0.6 is 24.0 Å². The molecule has 2 heterocycles. The van der Waals surface area contributed by atoms with Gasteiger partial charge in [0.1, 0.15) is 10.0 Å². The van der Waals surface area contributed by atoms with E-state index in [4.69, 9.17) is 17.3 Å². The number of rotatable bonds is 4. The minimum atomic E-state index is -0.0422. The number of para-hydroxylation sites is 1. The van der Waals surface area contributed by atoms with Crippen molar-refractivity contribution in [2.24, 2.45) is 0 Å². The largest absolute Gasteiger partial charge is 0.290 e. The molecule has 0 N–H and O–H groups in total. The van der Waals surface area contributed by atoms with Crippen LogP contribution in [-0.4, -0.2) is 30.9 Å². The van der Waals surface area contributed by atoms with Crippen LogP contribution in [0.1, 0.15) is 30.5 Å². The topological polar surface area (TPSA) is 38.1 Å². The third kappa shape index (κ3) is 3.85. The van der Waals surface area contributed by atoms with Gasteiger partial charge in [-0.05, 0) is 57.5 Å². The predicted molar refractivity (Wildman–Crippen MR) is 129 cm³/mol. The lowest BCUT2D eigenvalue weighted by Crippen LogP contribution is -2.34. The van der Waals surface area contributed by atoms with Crippen LogP contribution in [0.25, 0.3) is 23.0 Å². The smallest absolute Gasteiger partial charge is 0.266 e. The molecule has 0 atom stereocenters. The molecule has 0 bridgehead atoms. The third-order valence-corrected chi connectivity index (χ3v) is 6.37. The number of carbonyl (C=O) groups excluding carboxylic acids is 1. The van der Waals surface area contributed by atoms with Gasteiger partial charge in [0.15, 0.2) is 0 Å². The van der Waals surface area contributed by atoms with E-state index in [0.29, 0.717) is 9.23 Å². The Kier molecular flexibility index (Phi) is 5.62. The number of amides is 1. The standard InChI is InChI=1S/C24H23N3OS2/c1-15(2)27-23(28)21(30-24(27)29)13-18-14-26(19-8-6-5-7-9-19)25-22(18)20-12-16(3)10-11-17(20)4/h5-15H,1-4H3/b21-13-. The van der Waals surface area contributed by atoms with Crippen LogP contribution in [0.15, 0.2) is 59.6 Å². The Bertz CT molecular complexity index is 1160. The SMILES string of the molecule is Cc1ccc(C)c(-c2nn(-c3ccccc3)cc2/C=C2\SC(=S)N(C(C)C)C2=O)c1. The molecule has 0 saturated carbocycles. The average Bonchev–Trinajstić information content (AvgIpc) is 3.25. The molecule has 6 heteroatoms. The van der Waals surface area contributed by atoms with Gasteiger partial charge in [0, 0.05) is 23.4 Å². The molecular formula is C24H23N3OS2. The molecule has 0 unspecified atom stereocenters. The lowest BCUT2D eigenvalue weighted by atomic mass is 10.0. The average molecular weight is 434 g/mol. The molecule has 1 fully saturated rings. The first kappa shape index (κ1) is 20.6. The van der Waals surface area contributed by atoms with E-state index in [2.05, 4.69) is 32.0 Å². The second-order valence-electron chi connectivity index (χ2n) is 7.68. The van der Waals surface area contributed by atoms with Crippen molar-refractivity contribution >= 4 is 40.3 Å². The van der Waals surface area contributed by atoms with Gasteiger partial charge in [-0.15, -0.1) is 0 Å². The quantitative estimate of drug-likeness (QED) is 0.387. The molecule has 4 nitrogen and oxygen atoms in total. The van der Waals surface area contributed by atoms with E-state index in [1.165, 1.54) is 17.3 Å². The van der Waals surface area contributed by atoms with Gasteiger partial charge in [-0.25, -0.2) is 4.68 Å². The van der Waals surface area contributed by atoms with Gasteiger partial charge < -0.3 is 0 Å². The van der Waals surface area contributed by atoms with Crippen LogP contribution < -0.4 is 0 Å². The Morgan fingerprint density at radius 3 is 2.50 bits per heavy atom. The first-order chi connectivity index (χ1) is 14.3. The third-order valence-electron chi connectivity index (χ3n) is 5.04. The van der Waals surface area contributed by atoms with Crippen LogP contribution in [0.4, 0.5) is 0 Å². The molecule has 2 aromatic carbocycles. The second kappa shape index (κ2) is 8.20. The fourth-order valence-electron chi connectivity index (χ4n) is 3.47. The summed E-state index contributed by atoms with van der Waals surface area (Å²) in [6.45, 7) is 8.11. The molecule has 1 aliphatic heterocycles. The van der Waals surface area contributed by atoms with Gasteiger partial charge >= 0.3 is 0 Å². The van der Waals surface area contributed by atoms with Crippen molar-refractivity contribution in [3.05, 3.63) is 76.3 Å². The van der Waals surface area contributed by atoms with Gasteiger partial charge in [-0.1, -0.05) is 59.9 Å². The molecule has 1 amide bonds. The summed E-state index contributed by atoms with van der Waals surface area (Å²) in [5, 5.41) is 4.90. The number of thioether (sulfide) groups is 1. The van der Waals surface area contributed by atoms with Crippen LogP contribution in [0.2, 0.25) is 0 Å². The Hall–Kier alpha value is -2.70. The molecule has 30 heavy (non-hydrogen) atoms. The molecule has 1 aliphatic rings. The van der Waals surface area contributed by atoms with E-state index in [1.54, 1.807) is 4.90 Å². The molecule has 0 spiro atoms. The lowest BCUT2D eigenvalue weighted by Gasteiger charge is -2.18. The number of nitrogens with zero attached hydrogens (tertiary/aromatic N) is 3. The number of hydrogen-bond acceptors (Lipinski definition) is 4. The molecular weight excluding hydrogens is 410 g/mol. The minimum Gasteiger partial charge on any atom is -0.290 e. The number of carbonyl (C=O) groups is 1. The Balaban J connectivity index is 1.87. The molecule has 152 valence electrons. The van der Waals surface area contributed by atoms with Gasteiger partial charge in [-0.3, -0.25) is 9.69 Å². The number of hydrogen-bond donors (Lipinski definition) is 0. The maximum atomic E-state index is 12.9. The van der Waals surface area contributed by atoms with Crippen LogP contribution in [0.5, 0.6) is 0 Å². The maximum Gasteiger partial charge on any atom is 0.266 e. The fourth-order valence-corrected chi connectivity index (χ4v) is 4.99.